The number of rotatable bonds is 6. The molecule has 0 aliphatic heterocycles. The zero-order valence-electron chi connectivity index (χ0n) is 21.9. The quantitative estimate of drug-likeness (QED) is 0.240. The Morgan fingerprint density at radius 1 is 0.923 bits per heavy atom. The number of pyridine rings is 2. The van der Waals surface area contributed by atoms with Gasteiger partial charge in [-0.25, -0.2) is 9.78 Å². The van der Waals surface area contributed by atoms with Gasteiger partial charge >= 0.3 is 5.97 Å². The lowest BCUT2D eigenvalue weighted by molar-refractivity contribution is -0.118. The van der Waals surface area contributed by atoms with Crippen molar-refractivity contribution in [1.29, 1.82) is 0 Å². The van der Waals surface area contributed by atoms with Gasteiger partial charge in [0.15, 0.2) is 5.49 Å². The molecular weight excluding hydrogens is 492 g/mol. The summed E-state index contributed by atoms with van der Waals surface area (Å²) in [5.74, 6) is -1.83. The van der Waals surface area contributed by atoms with Crippen LogP contribution in [-0.2, 0) is 9.53 Å². The number of carbonyl (C=O) groups excluding carboxylic acids is 2. The maximum atomic E-state index is 14.0. The van der Waals surface area contributed by atoms with Crippen molar-refractivity contribution in [2.45, 2.75) is 32.7 Å². The van der Waals surface area contributed by atoms with Crippen molar-refractivity contribution in [3.63, 3.8) is 0 Å². The van der Waals surface area contributed by atoms with E-state index in [1.807, 2.05) is 74.5 Å². The summed E-state index contributed by atoms with van der Waals surface area (Å²) in [5.41, 5.74) is 2.11. The van der Waals surface area contributed by atoms with Crippen LogP contribution in [0.15, 0.2) is 101 Å². The highest BCUT2D eigenvalue weighted by Crippen LogP contribution is 2.26. The van der Waals surface area contributed by atoms with Crippen LogP contribution >= 0.6 is 0 Å². The van der Waals surface area contributed by atoms with Gasteiger partial charge in [-0.1, -0.05) is 66.7 Å². The summed E-state index contributed by atoms with van der Waals surface area (Å²) < 4.78 is 8.43. The number of hydrogen-bond donors (Lipinski definition) is 0. The molecule has 0 aliphatic carbocycles. The van der Waals surface area contributed by atoms with Crippen molar-refractivity contribution in [3.8, 4) is 0 Å². The van der Waals surface area contributed by atoms with Crippen molar-refractivity contribution in [3.05, 3.63) is 124 Å². The van der Waals surface area contributed by atoms with E-state index in [-0.39, 0.29) is 34.6 Å². The van der Waals surface area contributed by atoms with Crippen molar-refractivity contribution < 1.29 is 14.3 Å². The number of aromatic nitrogens is 3. The lowest BCUT2D eigenvalue weighted by Crippen LogP contribution is -2.34. The summed E-state index contributed by atoms with van der Waals surface area (Å²) in [6.45, 7) is 5.59. The Morgan fingerprint density at radius 3 is 2.13 bits per heavy atom. The number of amides is 1. The number of nitrogens with zero attached hydrogens (tertiary/aromatic N) is 4. The largest absolute Gasteiger partial charge is 0.462 e. The Kier molecular flexibility index (Phi) is 7.19. The lowest BCUT2D eigenvalue weighted by atomic mass is 9.91. The number of benzene rings is 2. The molecule has 0 aliphatic rings. The van der Waals surface area contributed by atoms with Gasteiger partial charge in [0.2, 0.25) is 0 Å². The van der Waals surface area contributed by atoms with E-state index in [1.165, 1.54) is 10.5 Å². The minimum Gasteiger partial charge on any atom is -0.462 e. The first-order valence-corrected chi connectivity index (χ1v) is 12.8. The molecule has 8 heteroatoms. The van der Waals surface area contributed by atoms with Crippen LogP contribution in [0.2, 0.25) is 0 Å². The van der Waals surface area contributed by atoms with Gasteiger partial charge in [0, 0.05) is 12.2 Å². The summed E-state index contributed by atoms with van der Waals surface area (Å²) in [7, 11) is 0. The van der Waals surface area contributed by atoms with Crippen LogP contribution in [-0.4, -0.2) is 32.4 Å². The fourth-order valence-corrected chi connectivity index (χ4v) is 4.74. The Balaban J connectivity index is 1.86. The second kappa shape index (κ2) is 10.9. The van der Waals surface area contributed by atoms with E-state index >= 15 is 0 Å². The molecule has 0 spiro atoms. The maximum absolute atomic E-state index is 14.0. The molecule has 3 heterocycles. The standard InChI is InChI=1S/C31H28N4O4/c1-4-39-31(38)24-19-23-27(32-25-17-11-12-18-34(25)30(23)37)35(20(2)3)28(24)33-29(36)26(21-13-7-5-8-14-21)22-15-9-6-10-16-22/h5-20,26H,4H2,1-3H3. The SMILES string of the molecule is CCOC(=O)c1cc2c(=O)n3ccccc3nc2n(C(C)C)c1=NC(=O)C(c1ccccc1)c1ccccc1. The van der Waals surface area contributed by atoms with E-state index in [1.54, 1.807) is 35.9 Å². The molecule has 39 heavy (non-hydrogen) atoms. The molecule has 0 radical (unpaired) electrons. The Morgan fingerprint density at radius 2 is 1.54 bits per heavy atom. The van der Waals surface area contributed by atoms with Gasteiger partial charge in [-0.05, 0) is 50.1 Å². The van der Waals surface area contributed by atoms with E-state index < -0.39 is 17.8 Å². The molecule has 196 valence electrons. The van der Waals surface area contributed by atoms with Gasteiger partial charge in [-0.15, -0.1) is 0 Å². The zero-order valence-corrected chi connectivity index (χ0v) is 21.9. The number of esters is 1. The minimum absolute atomic E-state index is 0.0288. The number of hydrogen-bond acceptors (Lipinski definition) is 5. The van der Waals surface area contributed by atoms with Crippen LogP contribution in [0.1, 0.15) is 54.2 Å². The van der Waals surface area contributed by atoms with Gasteiger partial charge in [0.1, 0.15) is 16.9 Å². The maximum Gasteiger partial charge on any atom is 0.341 e. The van der Waals surface area contributed by atoms with Gasteiger partial charge in [0.25, 0.3) is 11.5 Å². The van der Waals surface area contributed by atoms with E-state index in [0.29, 0.717) is 11.3 Å². The smallest absolute Gasteiger partial charge is 0.341 e. The predicted octanol–water partition coefficient (Wildman–Crippen LogP) is 4.67. The molecule has 2 aromatic carbocycles. The predicted molar refractivity (Wildman–Crippen MR) is 149 cm³/mol. The Labute approximate surface area is 224 Å². The van der Waals surface area contributed by atoms with Crippen LogP contribution in [0.5, 0.6) is 0 Å². The first kappa shape index (κ1) is 25.8. The van der Waals surface area contributed by atoms with E-state index in [2.05, 4.69) is 4.99 Å². The molecule has 8 nitrogen and oxygen atoms in total. The van der Waals surface area contributed by atoms with Crippen molar-refractivity contribution in [2.75, 3.05) is 6.61 Å². The average molecular weight is 521 g/mol. The summed E-state index contributed by atoms with van der Waals surface area (Å²) in [6.07, 6.45) is 1.62. The van der Waals surface area contributed by atoms with Crippen LogP contribution in [0.3, 0.4) is 0 Å². The van der Waals surface area contributed by atoms with Crippen molar-refractivity contribution >= 4 is 28.6 Å². The zero-order chi connectivity index (χ0) is 27.5. The molecule has 5 aromatic rings. The second-order valence-electron chi connectivity index (χ2n) is 9.35. The Hall–Kier alpha value is -4.85. The molecular formula is C31H28N4O4. The average Bonchev–Trinajstić information content (AvgIpc) is 2.94. The summed E-state index contributed by atoms with van der Waals surface area (Å²) in [6, 6.07) is 25.2. The minimum atomic E-state index is -0.700. The molecule has 0 unspecified atom stereocenters. The second-order valence-corrected chi connectivity index (χ2v) is 9.35. The van der Waals surface area contributed by atoms with Gasteiger partial charge in [-0.2, -0.15) is 4.99 Å². The first-order valence-electron chi connectivity index (χ1n) is 12.8. The number of ether oxygens (including phenoxy) is 1. The summed E-state index contributed by atoms with van der Waals surface area (Å²) >= 11 is 0. The molecule has 5 rings (SSSR count). The fourth-order valence-electron chi connectivity index (χ4n) is 4.74. The van der Waals surface area contributed by atoms with Crippen LogP contribution in [0, 0.1) is 0 Å². The molecule has 3 aromatic heterocycles. The normalized spacial score (nSPS) is 12.0. The molecule has 0 N–H and O–H groups in total. The third kappa shape index (κ3) is 4.88. The molecule has 0 bridgehead atoms. The lowest BCUT2D eigenvalue weighted by Gasteiger charge is -2.19. The molecule has 1 amide bonds. The number of carbonyl (C=O) groups is 2. The monoisotopic (exact) mass is 520 g/mol. The van der Waals surface area contributed by atoms with Crippen LogP contribution in [0.25, 0.3) is 16.7 Å². The topological polar surface area (TPSA) is 95.0 Å². The summed E-state index contributed by atoms with van der Waals surface area (Å²) in [4.78, 5) is 50.0. The van der Waals surface area contributed by atoms with Crippen molar-refractivity contribution in [2.24, 2.45) is 4.99 Å². The van der Waals surface area contributed by atoms with E-state index in [0.717, 1.165) is 11.1 Å². The van der Waals surface area contributed by atoms with E-state index in [4.69, 9.17) is 9.72 Å². The third-order valence-electron chi connectivity index (χ3n) is 6.48. The van der Waals surface area contributed by atoms with Gasteiger partial charge in [-0.3, -0.25) is 14.0 Å². The Bertz CT molecular complexity index is 1770. The first-order chi connectivity index (χ1) is 18.9. The highest BCUT2D eigenvalue weighted by Gasteiger charge is 2.25. The molecule has 0 atom stereocenters. The van der Waals surface area contributed by atoms with Gasteiger partial charge < -0.3 is 9.30 Å². The summed E-state index contributed by atoms with van der Waals surface area (Å²) in [5, 5.41) is 0.226. The van der Waals surface area contributed by atoms with E-state index in [9.17, 15) is 14.4 Å². The highest BCUT2D eigenvalue weighted by atomic mass is 16.5. The number of fused-ring (bicyclic) bond motifs is 2. The van der Waals surface area contributed by atoms with Crippen molar-refractivity contribution in [1.82, 2.24) is 14.0 Å². The highest BCUT2D eigenvalue weighted by molar-refractivity contribution is 5.94. The van der Waals surface area contributed by atoms with Gasteiger partial charge in [0.05, 0.1) is 17.9 Å². The molecule has 0 saturated carbocycles. The van der Waals surface area contributed by atoms with Crippen LogP contribution in [0.4, 0.5) is 0 Å². The third-order valence-corrected chi connectivity index (χ3v) is 6.48. The molecule has 0 saturated heterocycles. The molecule has 0 fully saturated rings. The van der Waals surface area contributed by atoms with Crippen LogP contribution < -0.4 is 11.0 Å². The fraction of sp³-hybridized carbons (Fsp3) is 0.194.